The number of fused-ring (bicyclic) bond motifs is 2. The molecule has 6 rings (SSSR count). The predicted molar refractivity (Wildman–Crippen MR) is 131 cm³/mol. The van der Waals surface area contributed by atoms with Crippen molar-refractivity contribution in [1.29, 1.82) is 0 Å². The molecule has 0 atom stereocenters. The summed E-state index contributed by atoms with van der Waals surface area (Å²) in [5, 5.41) is 8.30. The van der Waals surface area contributed by atoms with Gasteiger partial charge < -0.3 is 13.9 Å². The number of nitrogens with zero attached hydrogens (tertiary/aromatic N) is 4. The number of methoxy groups -OCH3 is 1. The third-order valence-corrected chi connectivity index (χ3v) is 6.40. The van der Waals surface area contributed by atoms with Gasteiger partial charge in [0, 0.05) is 23.1 Å². The standard InChI is InChI=1S/C26H20N4O3S/c1-16-8-9-25-28-21(13-30(25)29-16)24-12-20-22(10-19(31-2)11-23(20)33-24)32-14-18-15-34-26(27-18)17-6-4-3-5-7-17/h3-13,15H,14H2,1-2H3. The van der Waals surface area contributed by atoms with Crippen molar-refractivity contribution in [2.24, 2.45) is 0 Å². The van der Waals surface area contributed by atoms with Gasteiger partial charge in [0.2, 0.25) is 0 Å². The van der Waals surface area contributed by atoms with E-state index in [-0.39, 0.29) is 0 Å². The zero-order chi connectivity index (χ0) is 23.1. The minimum absolute atomic E-state index is 0.337. The number of imidazole rings is 1. The molecule has 0 N–H and O–H groups in total. The van der Waals surface area contributed by atoms with Crippen LogP contribution < -0.4 is 9.47 Å². The van der Waals surface area contributed by atoms with E-state index in [9.17, 15) is 0 Å². The molecule has 6 aromatic rings. The Bertz CT molecular complexity index is 1620. The molecule has 0 bridgehead atoms. The number of ether oxygens (including phenoxy) is 2. The summed E-state index contributed by atoms with van der Waals surface area (Å²) < 4.78 is 19.5. The highest BCUT2D eigenvalue weighted by molar-refractivity contribution is 7.13. The highest BCUT2D eigenvalue weighted by atomic mass is 32.1. The zero-order valence-electron chi connectivity index (χ0n) is 18.6. The highest BCUT2D eigenvalue weighted by Crippen LogP contribution is 2.37. The fraction of sp³-hybridized carbons (Fsp3) is 0.115. The summed E-state index contributed by atoms with van der Waals surface area (Å²) in [5.74, 6) is 1.95. The van der Waals surface area contributed by atoms with E-state index >= 15 is 0 Å². The summed E-state index contributed by atoms with van der Waals surface area (Å²) in [4.78, 5) is 9.36. The number of rotatable bonds is 6. The molecule has 0 aliphatic heterocycles. The molecule has 0 radical (unpaired) electrons. The number of hydrogen-bond acceptors (Lipinski definition) is 7. The van der Waals surface area contributed by atoms with Gasteiger partial charge in [0.25, 0.3) is 0 Å². The van der Waals surface area contributed by atoms with Gasteiger partial charge in [-0.25, -0.2) is 14.5 Å². The number of benzene rings is 2. The predicted octanol–water partition coefficient (Wildman–Crippen LogP) is 6.16. The van der Waals surface area contributed by atoms with Gasteiger partial charge in [0.15, 0.2) is 11.4 Å². The van der Waals surface area contributed by atoms with Crippen molar-refractivity contribution >= 4 is 28.0 Å². The Morgan fingerprint density at radius 3 is 2.76 bits per heavy atom. The van der Waals surface area contributed by atoms with Crippen molar-refractivity contribution in [1.82, 2.24) is 19.6 Å². The lowest BCUT2D eigenvalue weighted by Crippen LogP contribution is -1.96. The van der Waals surface area contributed by atoms with Crippen LogP contribution in [0, 0.1) is 6.92 Å². The van der Waals surface area contributed by atoms with Crippen LogP contribution in [0.1, 0.15) is 11.4 Å². The maximum absolute atomic E-state index is 6.19. The van der Waals surface area contributed by atoms with E-state index in [0.717, 1.165) is 33.0 Å². The van der Waals surface area contributed by atoms with E-state index in [4.69, 9.17) is 18.9 Å². The summed E-state index contributed by atoms with van der Waals surface area (Å²) in [6.07, 6.45) is 1.86. The molecule has 0 aliphatic carbocycles. The smallest absolute Gasteiger partial charge is 0.155 e. The van der Waals surface area contributed by atoms with Crippen LogP contribution in [0.25, 0.3) is 38.6 Å². The second-order valence-corrected chi connectivity index (χ2v) is 8.71. The number of aromatic nitrogens is 4. The van der Waals surface area contributed by atoms with Crippen LogP contribution in [0.4, 0.5) is 0 Å². The van der Waals surface area contributed by atoms with Crippen LogP contribution in [0.3, 0.4) is 0 Å². The summed E-state index contributed by atoms with van der Waals surface area (Å²) in [5.41, 5.74) is 5.00. The Balaban J connectivity index is 1.32. The Morgan fingerprint density at radius 1 is 1.03 bits per heavy atom. The van der Waals surface area contributed by atoms with Gasteiger partial charge in [0.05, 0.1) is 30.1 Å². The minimum atomic E-state index is 0.337. The average Bonchev–Trinajstić information content (AvgIpc) is 3.60. The van der Waals surface area contributed by atoms with Gasteiger partial charge >= 0.3 is 0 Å². The van der Waals surface area contributed by atoms with Crippen molar-refractivity contribution in [3.05, 3.63) is 83.6 Å². The Hall–Kier alpha value is -4.17. The fourth-order valence-electron chi connectivity index (χ4n) is 3.78. The molecule has 0 unspecified atom stereocenters. The molecule has 2 aromatic carbocycles. The minimum Gasteiger partial charge on any atom is -0.496 e. The van der Waals surface area contributed by atoms with E-state index in [1.165, 1.54) is 0 Å². The molecule has 0 saturated carbocycles. The van der Waals surface area contributed by atoms with Gasteiger partial charge in [-0.1, -0.05) is 30.3 Å². The molecule has 168 valence electrons. The first-order valence-electron chi connectivity index (χ1n) is 10.7. The maximum Gasteiger partial charge on any atom is 0.155 e. The number of thiazole rings is 1. The first-order chi connectivity index (χ1) is 16.7. The monoisotopic (exact) mass is 468 g/mol. The van der Waals surface area contributed by atoms with E-state index in [2.05, 4.69) is 22.2 Å². The van der Waals surface area contributed by atoms with Gasteiger partial charge in [-0.05, 0) is 25.1 Å². The SMILES string of the molecule is COc1cc(OCc2csc(-c3ccccc3)n2)c2cc(-c3cn4nc(C)ccc4n3)oc2c1. The number of hydrogen-bond donors (Lipinski definition) is 0. The van der Waals surface area contributed by atoms with Crippen LogP contribution in [0.2, 0.25) is 0 Å². The molecule has 0 aliphatic rings. The quantitative estimate of drug-likeness (QED) is 0.291. The molecular weight excluding hydrogens is 448 g/mol. The van der Waals surface area contributed by atoms with E-state index < -0.39 is 0 Å². The van der Waals surface area contributed by atoms with Gasteiger partial charge in [0.1, 0.15) is 34.4 Å². The fourth-order valence-corrected chi connectivity index (χ4v) is 4.59. The third-order valence-electron chi connectivity index (χ3n) is 5.46. The van der Waals surface area contributed by atoms with Gasteiger partial charge in [-0.3, -0.25) is 0 Å². The van der Waals surface area contributed by atoms with Crippen molar-refractivity contribution in [3.63, 3.8) is 0 Å². The Morgan fingerprint density at radius 2 is 1.91 bits per heavy atom. The first kappa shape index (κ1) is 20.4. The lowest BCUT2D eigenvalue weighted by molar-refractivity contribution is 0.303. The van der Waals surface area contributed by atoms with Crippen molar-refractivity contribution < 1.29 is 13.9 Å². The van der Waals surface area contributed by atoms with Crippen LogP contribution in [-0.2, 0) is 6.61 Å². The summed E-state index contributed by atoms with van der Waals surface area (Å²) in [7, 11) is 1.62. The lowest BCUT2D eigenvalue weighted by atomic mass is 10.2. The number of aryl methyl sites for hydroxylation is 1. The van der Waals surface area contributed by atoms with Gasteiger partial charge in [-0.15, -0.1) is 11.3 Å². The average molecular weight is 469 g/mol. The molecule has 0 spiro atoms. The van der Waals surface area contributed by atoms with Crippen LogP contribution in [-0.4, -0.2) is 26.7 Å². The van der Waals surface area contributed by atoms with Crippen LogP contribution in [0.15, 0.2) is 76.7 Å². The second kappa shape index (κ2) is 8.31. The molecule has 34 heavy (non-hydrogen) atoms. The maximum atomic E-state index is 6.19. The molecule has 0 amide bonds. The van der Waals surface area contributed by atoms with Crippen LogP contribution >= 0.6 is 11.3 Å². The third kappa shape index (κ3) is 3.78. The lowest BCUT2D eigenvalue weighted by Gasteiger charge is -2.07. The summed E-state index contributed by atoms with van der Waals surface area (Å²) in [6, 6.07) is 19.6. The van der Waals surface area contributed by atoms with Crippen molar-refractivity contribution in [2.75, 3.05) is 7.11 Å². The van der Waals surface area contributed by atoms with Crippen LogP contribution in [0.5, 0.6) is 11.5 Å². The molecular formula is C26H20N4O3S. The Labute approximate surface area is 199 Å². The largest absolute Gasteiger partial charge is 0.496 e. The zero-order valence-corrected chi connectivity index (χ0v) is 19.4. The molecule has 0 fully saturated rings. The highest BCUT2D eigenvalue weighted by Gasteiger charge is 2.16. The normalized spacial score (nSPS) is 11.4. The van der Waals surface area contributed by atoms with Crippen molar-refractivity contribution in [2.45, 2.75) is 13.5 Å². The molecule has 7 nitrogen and oxygen atoms in total. The van der Waals surface area contributed by atoms with Crippen molar-refractivity contribution in [3.8, 4) is 33.5 Å². The van der Waals surface area contributed by atoms with E-state index in [0.29, 0.717) is 35.1 Å². The van der Waals surface area contributed by atoms with E-state index in [1.54, 1.807) is 23.0 Å². The summed E-state index contributed by atoms with van der Waals surface area (Å²) in [6.45, 7) is 2.28. The molecule has 4 heterocycles. The molecule has 4 aromatic heterocycles. The second-order valence-electron chi connectivity index (χ2n) is 7.85. The number of furan rings is 1. The molecule has 8 heteroatoms. The Kier molecular flexibility index (Phi) is 5.00. The van der Waals surface area contributed by atoms with Gasteiger partial charge in [-0.2, -0.15) is 5.10 Å². The molecule has 0 saturated heterocycles. The first-order valence-corrected chi connectivity index (χ1v) is 11.6. The van der Waals surface area contributed by atoms with E-state index in [1.807, 2.05) is 67.0 Å². The summed E-state index contributed by atoms with van der Waals surface area (Å²) >= 11 is 1.60. The topological polar surface area (TPSA) is 74.7 Å².